The summed E-state index contributed by atoms with van der Waals surface area (Å²) in [5.41, 5.74) is 7.98. The van der Waals surface area contributed by atoms with Crippen LogP contribution < -0.4 is 4.57 Å². The van der Waals surface area contributed by atoms with E-state index in [0.717, 1.165) is 44.6 Å². The molecule has 5 aromatic rings. The van der Waals surface area contributed by atoms with Gasteiger partial charge in [-0.3, -0.25) is 4.57 Å². The Hall–Kier alpha value is -3.46. The number of imidazole rings is 1. The van der Waals surface area contributed by atoms with Gasteiger partial charge in [0.05, 0.1) is 27.7 Å². The van der Waals surface area contributed by atoms with Gasteiger partial charge < -0.3 is 0 Å². The maximum Gasteiger partial charge on any atom is 0.220 e. The molecule has 3 nitrogen and oxygen atoms in total. The molecule has 146 valence electrons. The Morgan fingerprint density at radius 3 is 2.77 bits per heavy atom. The van der Waals surface area contributed by atoms with Gasteiger partial charge in [-0.05, 0) is 61.0 Å². The van der Waals surface area contributed by atoms with Crippen molar-refractivity contribution in [1.82, 2.24) is 9.55 Å². The first kappa shape index (κ1) is 14.5. The van der Waals surface area contributed by atoms with Gasteiger partial charge in [0.1, 0.15) is 12.9 Å². The van der Waals surface area contributed by atoms with Crippen molar-refractivity contribution in [3.05, 3.63) is 88.9 Å². The average Bonchev–Trinajstić information content (AvgIpc) is 3.28. The van der Waals surface area contributed by atoms with E-state index in [0.29, 0.717) is 17.5 Å². The van der Waals surface area contributed by atoms with Crippen LogP contribution in [0.3, 0.4) is 0 Å². The summed E-state index contributed by atoms with van der Waals surface area (Å²) in [5, 5.41) is 2.24. The van der Waals surface area contributed by atoms with E-state index in [9.17, 15) is 0 Å². The van der Waals surface area contributed by atoms with E-state index in [2.05, 4.69) is 58.5 Å². The van der Waals surface area contributed by atoms with E-state index in [-0.39, 0.29) is 0 Å². The van der Waals surface area contributed by atoms with Crippen LogP contribution in [0.5, 0.6) is 0 Å². The lowest BCUT2D eigenvalue weighted by Crippen LogP contribution is -2.30. The SMILES string of the molecule is [2H]C([2H])([2H])c1c(C)c(-c2c3ccc(C)cc3cc[n+]2C)cc2c1nc1n2-c2ccccc2C1. The van der Waals surface area contributed by atoms with Gasteiger partial charge in [-0.25, -0.2) is 9.55 Å². The highest BCUT2D eigenvalue weighted by Gasteiger charge is 2.26. The van der Waals surface area contributed by atoms with Gasteiger partial charge in [-0.1, -0.05) is 35.9 Å². The van der Waals surface area contributed by atoms with Crippen molar-refractivity contribution in [2.45, 2.75) is 27.1 Å². The highest BCUT2D eigenvalue weighted by Crippen LogP contribution is 2.38. The second kappa shape index (κ2) is 6.02. The molecule has 6 rings (SSSR count). The van der Waals surface area contributed by atoms with Crippen LogP contribution in [0.2, 0.25) is 0 Å². The van der Waals surface area contributed by atoms with Crippen molar-refractivity contribution in [1.29, 1.82) is 0 Å². The molecule has 0 amide bonds. The van der Waals surface area contributed by atoms with Crippen LogP contribution in [0.1, 0.15) is 32.2 Å². The van der Waals surface area contributed by atoms with Gasteiger partial charge in [-0.15, -0.1) is 0 Å². The summed E-state index contributed by atoms with van der Waals surface area (Å²) >= 11 is 0. The topological polar surface area (TPSA) is 21.7 Å². The fourth-order valence-corrected chi connectivity index (χ4v) is 4.86. The Morgan fingerprint density at radius 1 is 1.03 bits per heavy atom. The van der Waals surface area contributed by atoms with E-state index in [1.165, 1.54) is 11.1 Å². The first-order chi connectivity index (χ1) is 15.7. The zero-order valence-electron chi connectivity index (χ0n) is 20.3. The van der Waals surface area contributed by atoms with Crippen LogP contribution in [-0.4, -0.2) is 9.55 Å². The zero-order valence-corrected chi connectivity index (χ0v) is 17.3. The second-order valence-electron chi connectivity index (χ2n) is 8.33. The highest BCUT2D eigenvalue weighted by molar-refractivity contribution is 5.97. The van der Waals surface area contributed by atoms with Gasteiger partial charge in [0, 0.05) is 16.6 Å². The summed E-state index contributed by atoms with van der Waals surface area (Å²) < 4.78 is 29.4. The van der Waals surface area contributed by atoms with Crippen molar-refractivity contribution < 1.29 is 8.68 Å². The molecule has 0 atom stereocenters. The predicted octanol–water partition coefficient (Wildman–Crippen LogP) is 5.50. The number of para-hydroxylation sites is 1. The van der Waals surface area contributed by atoms with Crippen LogP contribution in [0.4, 0.5) is 0 Å². The Kier molecular flexibility index (Phi) is 2.91. The molecule has 3 heteroatoms. The lowest BCUT2D eigenvalue weighted by Gasteiger charge is -2.12. The normalized spacial score (nSPS) is 14.4. The summed E-state index contributed by atoms with van der Waals surface area (Å²) in [4.78, 5) is 4.86. The lowest BCUT2D eigenvalue weighted by molar-refractivity contribution is -0.659. The number of fused-ring (bicyclic) bond motifs is 6. The Morgan fingerprint density at radius 2 is 1.90 bits per heavy atom. The largest absolute Gasteiger partial charge is 0.296 e. The minimum Gasteiger partial charge on any atom is -0.296 e. The summed E-state index contributed by atoms with van der Waals surface area (Å²) in [5.74, 6) is 0.895. The minimum atomic E-state index is -2.27. The monoisotopic (exact) mass is 393 g/mol. The molecule has 3 aromatic carbocycles. The Labute approximate surface area is 180 Å². The number of aryl methyl sites for hydroxylation is 3. The first-order valence-corrected chi connectivity index (χ1v) is 10.3. The summed E-state index contributed by atoms with van der Waals surface area (Å²) in [7, 11) is 2.02. The van der Waals surface area contributed by atoms with Crippen molar-refractivity contribution in [2.75, 3.05) is 0 Å². The van der Waals surface area contributed by atoms with Crippen LogP contribution in [-0.2, 0) is 13.5 Å². The molecule has 0 saturated heterocycles. The number of benzene rings is 3. The molecular weight excluding hydrogens is 366 g/mol. The van der Waals surface area contributed by atoms with Crippen LogP contribution in [0.25, 0.3) is 38.8 Å². The van der Waals surface area contributed by atoms with Gasteiger partial charge in [-0.2, -0.15) is 0 Å². The minimum absolute atomic E-state index is 0.346. The number of nitrogens with zero attached hydrogens (tertiary/aromatic N) is 3. The summed E-state index contributed by atoms with van der Waals surface area (Å²) in [6, 6.07) is 18.9. The number of pyridine rings is 1. The van der Waals surface area contributed by atoms with E-state index in [1.807, 2.05) is 32.3 Å². The molecule has 0 bridgehead atoms. The third-order valence-corrected chi connectivity index (χ3v) is 6.41. The van der Waals surface area contributed by atoms with E-state index in [1.54, 1.807) is 0 Å². The predicted molar refractivity (Wildman–Crippen MR) is 122 cm³/mol. The summed E-state index contributed by atoms with van der Waals surface area (Å²) in [6.07, 6.45) is 2.76. The molecule has 30 heavy (non-hydrogen) atoms. The van der Waals surface area contributed by atoms with Gasteiger partial charge in [0.15, 0.2) is 6.20 Å². The molecule has 0 spiro atoms. The Balaban J connectivity index is 1.77. The van der Waals surface area contributed by atoms with Gasteiger partial charge in [0.25, 0.3) is 0 Å². The van der Waals surface area contributed by atoms with E-state index in [4.69, 9.17) is 9.10 Å². The highest BCUT2D eigenvalue weighted by atomic mass is 15.1. The molecule has 3 heterocycles. The number of rotatable bonds is 1. The maximum atomic E-state index is 8.38. The van der Waals surface area contributed by atoms with E-state index >= 15 is 0 Å². The molecule has 0 fully saturated rings. The number of hydrogen-bond acceptors (Lipinski definition) is 1. The maximum absolute atomic E-state index is 8.38. The molecule has 0 radical (unpaired) electrons. The van der Waals surface area contributed by atoms with Crippen LogP contribution in [0, 0.1) is 20.7 Å². The smallest absolute Gasteiger partial charge is 0.220 e. The molecule has 1 aliphatic heterocycles. The fourth-order valence-electron chi connectivity index (χ4n) is 4.86. The number of aromatic nitrogens is 3. The molecule has 2 aromatic heterocycles. The molecule has 0 saturated carbocycles. The summed E-state index contributed by atoms with van der Waals surface area (Å²) in [6.45, 7) is 1.73. The standard InChI is InChI=1S/C27H24N3/c1-16-9-10-21-19(13-16)11-12-29(4)27(21)22-15-24-26(18(3)17(22)2)28-25-14-20-7-5-6-8-23(20)30(24)25/h5-13,15H,14H2,1-4H3/q+1/i3D3. The first-order valence-electron chi connectivity index (χ1n) is 11.8. The van der Waals surface area contributed by atoms with Crippen molar-refractivity contribution in [3.8, 4) is 16.9 Å². The third-order valence-electron chi connectivity index (χ3n) is 6.41. The fraction of sp³-hybridized carbons (Fsp3) is 0.185. The molecule has 0 aliphatic carbocycles. The van der Waals surface area contributed by atoms with Crippen molar-refractivity contribution in [3.63, 3.8) is 0 Å². The van der Waals surface area contributed by atoms with Gasteiger partial charge in [0.2, 0.25) is 5.69 Å². The second-order valence-corrected chi connectivity index (χ2v) is 8.33. The molecule has 1 aliphatic rings. The van der Waals surface area contributed by atoms with Gasteiger partial charge >= 0.3 is 0 Å². The molecular formula is C27H24N3+. The molecule has 0 unspecified atom stereocenters. The van der Waals surface area contributed by atoms with Crippen LogP contribution in [0.15, 0.2) is 60.8 Å². The lowest BCUT2D eigenvalue weighted by atomic mass is 9.95. The average molecular weight is 394 g/mol. The van der Waals surface area contributed by atoms with E-state index < -0.39 is 6.85 Å². The van der Waals surface area contributed by atoms with Crippen LogP contribution >= 0.6 is 0 Å². The third kappa shape index (κ3) is 2.26. The van der Waals surface area contributed by atoms with Crippen molar-refractivity contribution >= 4 is 21.8 Å². The Bertz CT molecular complexity index is 1610. The van der Waals surface area contributed by atoms with Crippen molar-refractivity contribution in [2.24, 2.45) is 7.05 Å². The zero-order chi connectivity index (χ0) is 23.1. The number of hydrogen-bond donors (Lipinski definition) is 0. The quantitative estimate of drug-likeness (QED) is 0.338. The molecule has 0 N–H and O–H groups in total.